The lowest BCUT2D eigenvalue weighted by molar-refractivity contribution is 0.681. The second kappa shape index (κ2) is 7.57. The molecule has 0 saturated carbocycles. The van der Waals surface area contributed by atoms with E-state index in [0.29, 0.717) is 6.04 Å². The SMILES string of the molecule is CCCNCc1sc(N(C)C(C)C)nc1-c1ccccc1. The quantitative estimate of drug-likeness (QED) is 0.779. The van der Waals surface area contributed by atoms with Gasteiger partial charge in [0.05, 0.1) is 5.69 Å². The van der Waals surface area contributed by atoms with Crippen LogP contribution in [-0.4, -0.2) is 24.6 Å². The molecule has 0 bridgehead atoms. The molecule has 1 heterocycles. The van der Waals surface area contributed by atoms with Gasteiger partial charge in [-0.3, -0.25) is 0 Å². The Morgan fingerprint density at radius 1 is 1.24 bits per heavy atom. The highest BCUT2D eigenvalue weighted by atomic mass is 32.1. The van der Waals surface area contributed by atoms with Gasteiger partial charge >= 0.3 is 0 Å². The topological polar surface area (TPSA) is 28.2 Å². The summed E-state index contributed by atoms with van der Waals surface area (Å²) in [4.78, 5) is 8.44. The van der Waals surface area contributed by atoms with Crippen LogP contribution < -0.4 is 10.2 Å². The average Bonchev–Trinajstić information content (AvgIpc) is 2.91. The maximum atomic E-state index is 4.88. The zero-order valence-electron chi connectivity index (χ0n) is 13.4. The van der Waals surface area contributed by atoms with Crippen LogP contribution in [0.25, 0.3) is 11.3 Å². The van der Waals surface area contributed by atoms with Crippen LogP contribution in [-0.2, 0) is 6.54 Å². The third-order valence-corrected chi connectivity index (χ3v) is 4.67. The minimum absolute atomic E-state index is 0.455. The van der Waals surface area contributed by atoms with Gasteiger partial charge in [-0.15, -0.1) is 0 Å². The van der Waals surface area contributed by atoms with E-state index < -0.39 is 0 Å². The molecule has 0 amide bonds. The van der Waals surface area contributed by atoms with Crippen LogP contribution in [0.5, 0.6) is 0 Å². The molecule has 0 fully saturated rings. The molecule has 114 valence electrons. The smallest absolute Gasteiger partial charge is 0.186 e. The first-order valence-electron chi connectivity index (χ1n) is 7.62. The number of hydrogen-bond donors (Lipinski definition) is 1. The molecule has 0 aliphatic carbocycles. The molecule has 0 saturated heterocycles. The first-order valence-corrected chi connectivity index (χ1v) is 8.43. The van der Waals surface area contributed by atoms with Gasteiger partial charge in [-0.05, 0) is 26.8 Å². The van der Waals surface area contributed by atoms with Crippen molar-refractivity contribution in [3.05, 3.63) is 35.2 Å². The van der Waals surface area contributed by atoms with E-state index in [1.165, 1.54) is 10.4 Å². The number of hydrogen-bond acceptors (Lipinski definition) is 4. The number of anilines is 1. The lowest BCUT2D eigenvalue weighted by Crippen LogP contribution is -2.25. The van der Waals surface area contributed by atoms with Crippen molar-refractivity contribution in [3.8, 4) is 11.3 Å². The summed E-state index contributed by atoms with van der Waals surface area (Å²) < 4.78 is 0. The molecule has 0 radical (unpaired) electrons. The fourth-order valence-electron chi connectivity index (χ4n) is 2.03. The average molecular weight is 303 g/mol. The van der Waals surface area contributed by atoms with Crippen molar-refractivity contribution in [2.45, 2.75) is 39.8 Å². The highest BCUT2D eigenvalue weighted by Crippen LogP contribution is 2.33. The Kier molecular flexibility index (Phi) is 5.76. The summed E-state index contributed by atoms with van der Waals surface area (Å²) in [5, 5.41) is 4.59. The van der Waals surface area contributed by atoms with Crippen LogP contribution in [0.3, 0.4) is 0 Å². The summed E-state index contributed by atoms with van der Waals surface area (Å²) in [6.45, 7) is 8.51. The summed E-state index contributed by atoms with van der Waals surface area (Å²) in [6, 6.07) is 10.9. The lowest BCUT2D eigenvalue weighted by atomic mass is 10.1. The summed E-state index contributed by atoms with van der Waals surface area (Å²) in [6.07, 6.45) is 1.15. The van der Waals surface area contributed by atoms with Crippen molar-refractivity contribution in [1.82, 2.24) is 10.3 Å². The monoisotopic (exact) mass is 303 g/mol. The molecule has 2 aromatic rings. The summed E-state index contributed by atoms with van der Waals surface area (Å²) >= 11 is 1.79. The molecule has 1 aromatic carbocycles. The Morgan fingerprint density at radius 2 is 1.95 bits per heavy atom. The second-order valence-corrected chi connectivity index (χ2v) is 6.58. The van der Waals surface area contributed by atoms with E-state index in [4.69, 9.17) is 4.98 Å². The summed E-state index contributed by atoms with van der Waals surface area (Å²) in [5.41, 5.74) is 2.32. The zero-order valence-corrected chi connectivity index (χ0v) is 14.2. The fourth-order valence-corrected chi connectivity index (χ4v) is 3.18. The van der Waals surface area contributed by atoms with Crippen molar-refractivity contribution in [2.24, 2.45) is 0 Å². The lowest BCUT2D eigenvalue weighted by Gasteiger charge is -2.19. The van der Waals surface area contributed by atoms with Crippen LogP contribution in [0.4, 0.5) is 5.13 Å². The van der Waals surface area contributed by atoms with E-state index in [-0.39, 0.29) is 0 Å². The van der Waals surface area contributed by atoms with E-state index >= 15 is 0 Å². The highest BCUT2D eigenvalue weighted by Gasteiger charge is 2.16. The minimum atomic E-state index is 0.455. The molecular formula is C17H25N3S. The maximum Gasteiger partial charge on any atom is 0.186 e. The number of aromatic nitrogens is 1. The zero-order chi connectivity index (χ0) is 15.2. The molecule has 3 nitrogen and oxygen atoms in total. The predicted octanol–water partition coefficient (Wildman–Crippen LogP) is 4.15. The van der Waals surface area contributed by atoms with Gasteiger partial charge < -0.3 is 10.2 Å². The minimum Gasteiger partial charge on any atom is -0.349 e. The summed E-state index contributed by atoms with van der Waals surface area (Å²) in [7, 11) is 2.11. The summed E-state index contributed by atoms with van der Waals surface area (Å²) in [5.74, 6) is 0. The van der Waals surface area contributed by atoms with Gasteiger partial charge in [0.2, 0.25) is 0 Å². The van der Waals surface area contributed by atoms with Gasteiger partial charge in [0.15, 0.2) is 5.13 Å². The molecule has 0 spiro atoms. The largest absolute Gasteiger partial charge is 0.349 e. The van der Waals surface area contributed by atoms with Gasteiger partial charge in [0.1, 0.15) is 0 Å². The molecule has 2 rings (SSSR count). The van der Waals surface area contributed by atoms with Gasteiger partial charge in [0, 0.05) is 30.1 Å². The standard InChI is InChI=1S/C17H25N3S/c1-5-11-18-12-15-16(14-9-7-6-8-10-14)19-17(21-15)20(4)13(2)3/h6-10,13,18H,5,11-12H2,1-4H3. The highest BCUT2D eigenvalue weighted by molar-refractivity contribution is 7.16. The van der Waals surface area contributed by atoms with Gasteiger partial charge in [-0.25, -0.2) is 4.98 Å². The fraction of sp³-hybridized carbons (Fsp3) is 0.471. The Bertz CT molecular complexity index is 548. The molecule has 0 unspecified atom stereocenters. The molecule has 0 aliphatic heterocycles. The number of nitrogens with zero attached hydrogens (tertiary/aromatic N) is 2. The van der Waals surface area contributed by atoms with Crippen molar-refractivity contribution < 1.29 is 0 Å². The molecule has 1 aromatic heterocycles. The normalized spacial score (nSPS) is 11.1. The van der Waals surface area contributed by atoms with Crippen LogP contribution >= 0.6 is 11.3 Å². The second-order valence-electron chi connectivity index (χ2n) is 5.52. The maximum absolute atomic E-state index is 4.88. The molecule has 4 heteroatoms. The Hall–Kier alpha value is -1.39. The third-order valence-electron chi connectivity index (χ3n) is 3.52. The Balaban J connectivity index is 2.31. The number of rotatable bonds is 7. The Labute approximate surface area is 132 Å². The van der Waals surface area contributed by atoms with Gasteiger partial charge in [-0.1, -0.05) is 48.6 Å². The van der Waals surface area contributed by atoms with Crippen molar-refractivity contribution in [2.75, 3.05) is 18.5 Å². The van der Waals surface area contributed by atoms with E-state index in [0.717, 1.165) is 30.3 Å². The van der Waals surface area contributed by atoms with Crippen LogP contribution in [0.2, 0.25) is 0 Å². The van der Waals surface area contributed by atoms with Crippen LogP contribution in [0.15, 0.2) is 30.3 Å². The van der Waals surface area contributed by atoms with Crippen molar-refractivity contribution in [3.63, 3.8) is 0 Å². The van der Waals surface area contributed by atoms with Crippen molar-refractivity contribution >= 4 is 16.5 Å². The van der Waals surface area contributed by atoms with Crippen LogP contribution in [0.1, 0.15) is 32.1 Å². The van der Waals surface area contributed by atoms with Crippen LogP contribution in [0, 0.1) is 0 Å². The molecule has 0 atom stereocenters. The molecule has 21 heavy (non-hydrogen) atoms. The van der Waals surface area contributed by atoms with E-state index in [1.54, 1.807) is 11.3 Å². The predicted molar refractivity (Wildman–Crippen MR) is 93.1 cm³/mol. The Morgan fingerprint density at radius 3 is 2.57 bits per heavy atom. The van der Waals surface area contributed by atoms with E-state index in [1.807, 2.05) is 6.07 Å². The molecule has 0 aliphatic rings. The first kappa shape index (κ1) is 16.0. The third kappa shape index (κ3) is 4.05. The van der Waals surface area contributed by atoms with E-state index in [9.17, 15) is 0 Å². The van der Waals surface area contributed by atoms with Gasteiger partial charge in [0.25, 0.3) is 0 Å². The van der Waals surface area contributed by atoms with Crippen molar-refractivity contribution in [1.29, 1.82) is 0 Å². The number of nitrogens with one attached hydrogen (secondary N) is 1. The number of thiazole rings is 1. The van der Waals surface area contributed by atoms with E-state index in [2.05, 4.69) is 62.3 Å². The molecular weight excluding hydrogens is 278 g/mol. The first-order chi connectivity index (χ1) is 10.1. The molecule has 1 N–H and O–H groups in total. The van der Waals surface area contributed by atoms with Gasteiger partial charge in [-0.2, -0.15) is 0 Å². The number of benzene rings is 1.